The normalized spacial score (nSPS) is 16.5. The smallest absolute Gasteiger partial charge is 0.0658 e. The summed E-state index contributed by atoms with van der Waals surface area (Å²) in [4.78, 5) is 0. The van der Waals surface area contributed by atoms with Gasteiger partial charge in [0, 0.05) is 11.2 Å². The van der Waals surface area contributed by atoms with E-state index in [0.29, 0.717) is 10.7 Å². The molecule has 0 atom stereocenters. The Bertz CT molecular complexity index is 370. The number of rotatable bonds is 3. The first-order valence-corrected chi connectivity index (χ1v) is 5.70. The number of benzene rings is 1. The fraction of sp³-hybridized carbons (Fsp3) is 0.500. The number of halogens is 1. The molecular weight excluding hydrogens is 208 g/mol. The highest BCUT2D eigenvalue weighted by molar-refractivity contribution is 6.33. The van der Waals surface area contributed by atoms with Crippen molar-refractivity contribution in [3.63, 3.8) is 0 Å². The topological polar surface area (TPSA) is 38.0 Å². The standard InChI is InChI=1S/C12H17ClN2/c1-12(2,8-3-4-8)15-11-6-5-9(14)7-10(11)13/h5-8,15H,3-4,14H2,1-2H3. The summed E-state index contributed by atoms with van der Waals surface area (Å²) in [5.74, 6) is 0.770. The molecule has 1 saturated carbocycles. The molecule has 3 N–H and O–H groups in total. The summed E-state index contributed by atoms with van der Waals surface area (Å²) >= 11 is 6.12. The minimum atomic E-state index is 0.125. The van der Waals surface area contributed by atoms with Gasteiger partial charge in [-0.05, 0) is 50.8 Å². The first-order chi connectivity index (χ1) is 6.99. The van der Waals surface area contributed by atoms with Gasteiger partial charge in [-0.15, -0.1) is 0 Å². The summed E-state index contributed by atoms with van der Waals surface area (Å²) in [6, 6.07) is 5.60. The van der Waals surface area contributed by atoms with Gasteiger partial charge in [-0.2, -0.15) is 0 Å². The van der Waals surface area contributed by atoms with E-state index in [-0.39, 0.29) is 5.54 Å². The summed E-state index contributed by atoms with van der Waals surface area (Å²) < 4.78 is 0. The maximum Gasteiger partial charge on any atom is 0.0658 e. The fourth-order valence-corrected chi connectivity index (χ4v) is 2.12. The Morgan fingerprint density at radius 1 is 1.40 bits per heavy atom. The summed E-state index contributed by atoms with van der Waals surface area (Å²) in [6.45, 7) is 4.44. The lowest BCUT2D eigenvalue weighted by Gasteiger charge is -2.28. The van der Waals surface area contributed by atoms with Crippen LogP contribution >= 0.6 is 11.6 Å². The molecule has 0 aromatic heterocycles. The Hall–Kier alpha value is -0.890. The maximum absolute atomic E-state index is 6.12. The highest BCUT2D eigenvalue weighted by Gasteiger charge is 2.37. The van der Waals surface area contributed by atoms with Crippen molar-refractivity contribution in [1.29, 1.82) is 0 Å². The van der Waals surface area contributed by atoms with Crippen molar-refractivity contribution in [1.82, 2.24) is 0 Å². The van der Waals surface area contributed by atoms with Crippen molar-refractivity contribution in [2.75, 3.05) is 11.1 Å². The second-order valence-corrected chi connectivity index (χ2v) is 5.27. The molecule has 0 heterocycles. The van der Waals surface area contributed by atoms with Gasteiger partial charge in [0.15, 0.2) is 0 Å². The third-order valence-electron chi connectivity index (χ3n) is 3.05. The van der Waals surface area contributed by atoms with E-state index in [1.54, 1.807) is 6.07 Å². The number of nitrogens with one attached hydrogen (secondary N) is 1. The van der Waals surface area contributed by atoms with Gasteiger partial charge in [-0.3, -0.25) is 0 Å². The third kappa shape index (κ3) is 2.37. The molecule has 1 aliphatic rings. The van der Waals surface area contributed by atoms with Gasteiger partial charge in [0.1, 0.15) is 0 Å². The van der Waals surface area contributed by atoms with Crippen LogP contribution in [0.15, 0.2) is 18.2 Å². The van der Waals surface area contributed by atoms with Crippen LogP contribution in [0, 0.1) is 5.92 Å². The molecule has 1 aromatic carbocycles. The molecule has 1 fully saturated rings. The lowest BCUT2D eigenvalue weighted by Crippen LogP contribution is -2.33. The van der Waals surface area contributed by atoms with E-state index in [0.717, 1.165) is 11.6 Å². The van der Waals surface area contributed by atoms with E-state index < -0.39 is 0 Å². The summed E-state index contributed by atoms with van der Waals surface area (Å²) in [7, 11) is 0. The maximum atomic E-state index is 6.12. The number of anilines is 2. The monoisotopic (exact) mass is 224 g/mol. The molecular formula is C12H17ClN2. The van der Waals surface area contributed by atoms with Crippen LogP contribution in [0.5, 0.6) is 0 Å². The zero-order valence-electron chi connectivity index (χ0n) is 9.18. The summed E-state index contributed by atoms with van der Waals surface area (Å²) in [6.07, 6.45) is 2.62. The van der Waals surface area contributed by atoms with E-state index in [9.17, 15) is 0 Å². The quantitative estimate of drug-likeness (QED) is 0.771. The van der Waals surface area contributed by atoms with Gasteiger partial charge in [-0.25, -0.2) is 0 Å². The van der Waals surface area contributed by atoms with Crippen molar-refractivity contribution >= 4 is 23.0 Å². The zero-order valence-corrected chi connectivity index (χ0v) is 9.93. The van der Waals surface area contributed by atoms with Crippen molar-refractivity contribution in [2.45, 2.75) is 32.2 Å². The van der Waals surface area contributed by atoms with Crippen LogP contribution in [-0.4, -0.2) is 5.54 Å². The van der Waals surface area contributed by atoms with Crippen molar-refractivity contribution < 1.29 is 0 Å². The van der Waals surface area contributed by atoms with Crippen LogP contribution in [-0.2, 0) is 0 Å². The molecule has 1 aliphatic carbocycles. The molecule has 82 valence electrons. The second-order valence-electron chi connectivity index (χ2n) is 4.86. The fourth-order valence-electron chi connectivity index (χ4n) is 1.89. The van der Waals surface area contributed by atoms with Crippen molar-refractivity contribution in [3.05, 3.63) is 23.2 Å². The molecule has 0 saturated heterocycles. The first-order valence-electron chi connectivity index (χ1n) is 5.32. The van der Waals surface area contributed by atoms with E-state index >= 15 is 0 Å². The number of nitrogens with two attached hydrogens (primary N) is 1. The predicted molar refractivity (Wildman–Crippen MR) is 66.3 cm³/mol. The first kappa shape index (κ1) is 10.6. The van der Waals surface area contributed by atoms with E-state index in [1.807, 2.05) is 12.1 Å². The number of nitrogen functional groups attached to an aromatic ring is 1. The SMILES string of the molecule is CC(C)(Nc1ccc(N)cc1Cl)C1CC1. The highest BCUT2D eigenvalue weighted by Crippen LogP contribution is 2.42. The summed E-state index contributed by atoms with van der Waals surface area (Å²) in [5.41, 5.74) is 7.45. The molecule has 0 spiro atoms. The molecule has 0 unspecified atom stereocenters. The Kier molecular flexibility index (Phi) is 2.55. The van der Waals surface area contributed by atoms with Gasteiger partial charge in [0.2, 0.25) is 0 Å². The van der Waals surface area contributed by atoms with Crippen LogP contribution < -0.4 is 11.1 Å². The Balaban J connectivity index is 2.16. The summed E-state index contributed by atoms with van der Waals surface area (Å²) in [5, 5.41) is 4.19. The molecule has 0 aliphatic heterocycles. The average molecular weight is 225 g/mol. The second kappa shape index (κ2) is 3.60. The molecule has 15 heavy (non-hydrogen) atoms. The minimum Gasteiger partial charge on any atom is -0.399 e. The Labute approximate surface area is 95.8 Å². The van der Waals surface area contributed by atoms with Gasteiger partial charge < -0.3 is 11.1 Å². The largest absolute Gasteiger partial charge is 0.399 e. The molecule has 3 heteroatoms. The minimum absolute atomic E-state index is 0.125. The predicted octanol–water partition coefficient (Wildman–Crippen LogP) is 3.52. The molecule has 2 nitrogen and oxygen atoms in total. The van der Waals surface area contributed by atoms with Gasteiger partial charge >= 0.3 is 0 Å². The number of hydrogen-bond donors (Lipinski definition) is 2. The van der Waals surface area contributed by atoms with Crippen molar-refractivity contribution in [2.24, 2.45) is 5.92 Å². The molecule has 2 rings (SSSR count). The number of hydrogen-bond acceptors (Lipinski definition) is 2. The molecule has 0 radical (unpaired) electrons. The van der Waals surface area contributed by atoms with E-state index in [2.05, 4.69) is 19.2 Å². The molecule has 0 bridgehead atoms. The van der Waals surface area contributed by atoms with Crippen LogP contribution in [0.4, 0.5) is 11.4 Å². The Morgan fingerprint density at radius 3 is 2.60 bits per heavy atom. The third-order valence-corrected chi connectivity index (χ3v) is 3.36. The zero-order chi connectivity index (χ0) is 11.1. The van der Waals surface area contributed by atoms with E-state index in [1.165, 1.54) is 12.8 Å². The Morgan fingerprint density at radius 2 is 2.07 bits per heavy atom. The van der Waals surface area contributed by atoms with Crippen LogP contribution in [0.3, 0.4) is 0 Å². The van der Waals surface area contributed by atoms with Gasteiger partial charge in [-0.1, -0.05) is 11.6 Å². The lowest BCUT2D eigenvalue weighted by atomic mass is 9.98. The van der Waals surface area contributed by atoms with Crippen molar-refractivity contribution in [3.8, 4) is 0 Å². The van der Waals surface area contributed by atoms with Crippen LogP contribution in [0.25, 0.3) is 0 Å². The molecule has 1 aromatic rings. The average Bonchev–Trinajstić information content (AvgIpc) is 2.92. The van der Waals surface area contributed by atoms with Gasteiger partial charge in [0.25, 0.3) is 0 Å². The van der Waals surface area contributed by atoms with Gasteiger partial charge in [0.05, 0.1) is 10.7 Å². The molecule has 0 amide bonds. The van der Waals surface area contributed by atoms with E-state index in [4.69, 9.17) is 17.3 Å². The highest BCUT2D eigenvalue weighted by atomic mass is 35.5. The van der Waals surface area contributed by atoms with Crippen LogP contribution in [0.1, 0.15) is 26.7 Å². The lowest BCUT2D eigenvalue weighted by molar-refractivity contribution is 0.494. The van der Waals surface area contributed by atoms with Crippen LogP contribution in [0.2, 0.25) is 5.02 Å².